The molecule has 0 bridgehead atoms. The Kier molecular flexibility index (Phi) is 2.99. The fraction of sp³-hybridized carbons (Fsp3) is 0. The third-order valence-electron chi connectivity index (χ3n) is 1.74. The van der Waals surface area contributed by atoms with Gasteiger partial charge in [0, 0.05) is 24.0 Å². The Bertz CT molecular complexity index is 468. The van der Waals surface area contributed by atoms with Crippen molar-refractivity contribution in [3.8, 4) is 0 Å². The molecule has 0 saturated heterocycles. The van der Waals surface area contributed by atoms with E-state index in [2.05, 4.69) is 9.97 Å². The highest BCUT2D eigenvalue weighted by Gasteiger charge is 2.08. The van der Waals surface area contributed by atoms with Crippen LogP contribution in [-0.4, -0.2) is 21.0 Å². The number of hydrogen-bond donors (Lipinski definition) is 1. The highest BCUT2D eigenvalue weighted by Crippen LogP contribution is 2.13. The Morgan fingerprint density at radius 1 is 1.36 bits per heavy atom. The van der Waals surface area contributed by atoms with Crippen molar-refractivity contribution in [2.24, 2.45) is 0 Å². The fourth-order valence-corrected chi connectivity index (χ4v) is 1.16. The van der Waals surface area contributed by atoms with Gasteiger partial charge < -0.3 is 5.11 Å². The predicted octanol–water partition coefficient (Wildman–Crippen LogP) is 1.75. The summed E-state index contributed by atoms with van der Waals surface area (Å²) in [6.45, 7) is 0. The Balaban J connectivity index is 0.000000980. The predicted molar refractivity (Wildman–Crippen MR) is 53.7 cm³/mol. The third kappa shape index (κ3) is 1.65. The van der Waals surface area contributed by atoms with Crippen LogP contribution in [0.5, 0.6) is 0 Å². The Hall–Kier alpha value is -1.68. The fourth-order valence-electron chi connectivity index (χ4n) is 1.16. The molecule has 0 radical (unpaired) electrons. The van der Waals surface area contributed by atoms with Crippen LogP contribution in [0.25, 0.3) is 10.9 Å². The van der Waals surface area contributed by atoms with Gasteiger partial charge in [0.1, 0.15) is 5.56 Å². The summed E-state index contributed by atoms with van der Waals surface area (Å²) in [5, 5.41) is 9.54. The van der Waals surface area contributed by atoms with Gasteiger partial charge in [0.25, 0.3) is 0 Å². The van der Waals surface area contributed by atoms with E-state index in [1.165, 1.54) is 6.20 Å². The largest absolute Gasteiger partial charge is 0.478 e. The molecule has 14 heavy (non-hydrogen) atoms. The molecule has 0 aliphatic heterocycles. The second-order valence-corrected chi connectivity index (χ2v) is 2.57. The summed E-state index contributed by atoms with van der Waals surface area (Å²) in [7, 11) is 0. The summed E-state index contributed by atoms with van der Waals surface area (Å²) in [5.41, 5.74) is 0.614. The zero-order valence-corrected chi connectivity index (χ0v) is 7.86. The Labute approximate surface area is 86.0 Å². The Morgan fingerprint density at radius 2 is 2.14 bits per heavy atom. The molecule has 1 N–H and O–H groups in total. The molecule has 2 aromatic rings. The van der Waals surface area contributed by atoms with E-state index in [0.717, 1.165) is 5.39 Å². The molecular formula is C9H7ClN2O2. The van der Waals surface area contributed by atoms with E-state index in [0.29, 0.717) is 5.52 Å². The van der Waals surface area contributed by atoms with Crippen LogP contribution in [0.3, 0.4) is 0 Å². The minimum atomic E-state index is -1.00. The lowest BCUT2D eigenvalue weighted by Crippen LogP contribution is -1.99. The molecule has 5 heteroatoms. The molecule has 0 aromatic carbocycles. The van der Waals surface area contributed by atoms with Gasteiger partial charge in [-0.2, -0.15) is 0 Å². The van der Waals surface area contributed by atoms with E-state index >= 15 is 0 Å². The average molecular weight is 211 g/mol. The van der Waals surface area contributed by atoms with Crippen molar-refractivity contribution in [1.82, 2.24) is 9.97 Å². The molecule has 0 aliphatic carbocycles. The molecule has 2 aromatic heterocycles. The van der Waals surface area contributed by atoms with E-state index in [1.54, 1.807) is 24.5 Å². The van der Waals surface area contributed by atoms with Gasteiger partial charge in [-0.05, 0) is 12.1 Å². The van der Waals surface area contributed by atoms with E-state index in [9.17, 15) is 4.79 Å². The molecule has 2 rings (SSSR count). The number of carbonyl (C=O) groups is 1. The zero-order chi connectivity index (χ0) is 9.26. The van der Waals surface area contributed by atoms with Gasteiger partial charge in [-0.15, -0.1) is 12.4 Å². The van der Waals surface area contributed by atoms with Crippen LogP contribution < -0.4 is 0 Å². The average Bonchev–Trinajstić information content (AvgIpc) is 2.17. The number of aromatic carboxylic acids is 1. The van der Waals surface area contributed by atoms with E-state index < -0.39 is 5.97 Å². The summed E-state index contributed by atoms with van der Waals surface area (Å²) >= 11 is 0. The highest BCUT2D eigenvalue weighted by molar-refractivity contribution is 6.00. The summed E-state index contributed by atoms with van der Waals surface area (Å²) in [4.78, 5) is 18.5. The van der Waals surface area contributed by atoms with Gasteiger partial charge in [-0.1, -0.05) is 0 Å². The van der Waals surface area contributed by atoms with Crippen LogP contribution >= 0.6 is 12.4 Å². The lowest BCUT2D eigenvalue weighted by Gasteiger charge is -1.98. The number of carboxylic acid groups (broad SMARTS) is 1. The maximum Gasteiger partial charge on any atom is 0.339 e. The molecule has 0 unspecified atom stereocenters. The molecule has 0 amide bonds. The van der Waals surface area contributed by atoms with Crippen molar-refractivity contribution >= 4 is 29.3 Å². The molecule has 72 valence electrons. The van der Waals surface area contributed by atoms with Crippen LogP contribution in [-0.2, 0) is 0 Å². The van der Waals surface area contributed by atoms with E-state index in [4.69, 9.17) is 5.11 Å². The summed E-state index contributed by atoms with van der Waals surface area (Å²) in [5.74, 6) is -1.00. The minimum Gasteiger partial charge on any atom is -0.478 e. The first-order valence-corrected chi connectivity index (χ1v) is 3.71. The quantitative estimate of drug-likeness (QED) is 0.779. The molecule has 0 spiro atoms. The number of hydrogen-bond acceptors (Lipinski definition) is 3. The van der Waals surface area contributed by atoms with Crippen molar-refractivity contribution in [3.63, 3.8) is 0 Å². The van der Waals surface area contributed by atoms with Crippen molar-refractivity contribution in [1.29, 1.82) is 0 Å². The van der Waals surface area contributed by atoms with Crippen molar-refractivity contribution in [2.75, 3.05) is 0 Å². The number of halogens is 1. The van der Waals surface area contributed by atoms with Gasteiger partial charge in [-0.25, -0.2) is 4.79 Å². The van der Waals surface area contributed by atoms with Crippen LogP contribution in [0, 0.1) is 0 Å². The highest BCUT2D eigenvalue weighted by atomic mass is 35.5. The summed E-state index contributed by atoms with van der Waals surface area (Å²) < 4.78 is 0. The number of rotatable bonds is 1. The van der Waals surface area contributed by atoms with Crippen molar-refractivity contribution in [2.45, 2.75) is 0 Å². The number of aromatic nitrogens is 2. The molecule has 2 heterocycles. The first-order valence-electron chi connectivity index (χ1n) is 3.71. The van der Waals surface area contributed by atoms with Gasteiger partial charge in [0.15, 0.2) is 0 Å². The van der Waals surface area contributed by atoms with Crippen LogP contribution in [0.1, 0.15) is 10.4 Å². The Morgan fingerprint density at radius 3 is 2.86 bits per heavy atom. The second kappa shape index (κ2) is 4.02. The SMILES string of the molecule is Cl.O=C(O)c1cncc2cccnc12. The topological polar surface area (TPSA) is 63.1 Å². The maximum atomic E-state index is 10.7. The molecule has 0 saturated carbocycles. The molecule has 0 fully saturated rings. The standard InChI is InChI=1S/C9H6N2O2.ClH/c12-9(13)7-5-10-4-6-2-1-3-11-8(6)7;/h1-5H,(H,12,13);1H. The normalized spacial score (nSPS) is 9.43. The maximum absolute atomic E-state index is 10.7. The number of carboxylic acids is 1. The monoisotopic (exact) mass is 210 g/mol. The van der Waals surface area contributed by atoms with Gasteiger partial charge in [0.2, 0.25) is 0 Å². The lowest BCUT2D eigenvalue weighted by atomic mass is 10.2. The number of pyridine rings is 2. The van der Waals surface area contributed by atoms with Crippen molar-refractivity contribution in [3.05, 3.63) is 36.3 Å². The zero-order valence-electron chi connectivity index (χ0n) is 7.04. The lowest BCUT2D eigenvalue weighted by molar-refractivity contribution is 0.0698. The van der Waals surface area contributed by atoms with Gasteiger partial charge >= 0.3 is 5.97 Å². The second-order valence-electron chi connectivity index (χ2n) is 2.57. The minimum absolute atomic E-state index is 0. The van der Waals surface area contributed by atoms with Gasteiger partial charge in [0.05, 0.1) is 5.52 Å². The summed E-state index contributed by atoms with van der Waals surface area (Å²) in [6.07, 6.45) is 4.46. The first-order chi connectivity index (χ1) is 6.29. The smallest absolute Gasteiger partial charge is 0.339 e. The third-order valence-corrected chi connectivity index (χ3v) is 1.74. The van der Waals surface area contributed by atoms with Gasteiger partial charge in [-0.3, -0.25) is 9.97 Å². The molecule has 0 atom stereocenters. The van der Waals surface area contributed by atoms with E-state index in [1.807, 2.05) is 0 Å². The molecule has 4 nitrogen and oxygen atoms in total. The van der Waals surface area contributed by atoms with Crippen LogP contribution in [0.2, 0.25) is 0 Å². The van der Waals surface area contributed by atoms with Crippen LogP contribution in [0.15, 0.2) is 30.7 Å². The van der Waals surface area contributed by atoms with Crippen molar-refractivity contribution < 1.29 is 9.90 Å². The van der Waals surface area contributed by atoms with E-state index in [-0.39, 0.29) is 18.0 Å². The van der Waals surface area contributed by atoms with Crippen LogP contribution in [0.4, 0.5) is 0 Å². The summed E-state index contributed by atoms with van der Waals surface area (Å²) in [6, 6.07) is 3.53. The first kappa shape index (κ1) is 10.4. The number of nitrogens with zero attached hydrogens (tertiary/aromatic N) is 2. The molecule has 0 aliphatic rings. The molecular weight excluding hydrogens is 204 g/mol. The number of fused-ring (bicyclic) bond motifs is 1.